The monoisotopic (exact) mass is 273 g/mol. The summed E-state index contributed by atoms with van der Waals surface area (Å²) in [6.07, 6.45) is 1.76. The van der Waals surface area contributed by atoms with Crippen molar-refractivity contribution in [2.24, 2.45) is 0 Å². The lowest BCUT2D eigenvalue weighted by atomic mass is 10.0. The number of methoxy groups -OCH3 is 1. The number of rotatable bonds is 7. The standard InChI is InChI=1S/C14H21ClFNO/c1-4-8-17-13(10(2)18-3)9-11-6-5-7-12(16)14(11)15/h5-7,10,13,17H,4,8-9H2,1-3H3. The first-order valence-electron chi connectivity index (χ1n) is 6.29. The SMILES string of the molecule is CCCNC(Cc1cccc(F)c1Cl)C(C)OC. The van der Waals surface area contributed by atoms with Crippen LogP contribution in [-0.2, 0) is 11.2 Å². The first-order valence-corrected chi connectivity index (χ1v) is 6.67. The molecule has 1 N–H and O–H groups in total. The molecule has 0 aliphatic carbocycles. The molecular formula is C14H21ClFNO. The first-order chi connectivity index (χ1) is 8.60. The highest BCUT2D eigenvalue weighted by Gasteiger charge is 2.18. The molecule has 1 aromatic rings. The molecule has 0 bridgehead atoms. The predicted octanol–water partition coefficient (Wildman–Crippen LogP) is 3.42. The van der Waals surface area contributed by atoms with Crippen LogP contribution in [0.2, 0.25) is 5.02 Å². The molecule has 0 amide bonds. The van der Waals surface area contributed by atoms with E-state index in [9.17, 15) is 4.39 Å². The highest BCUT2D eigenvalue weighted by molar-refractivity contribution is 6.31. The van der Waals surface area contributed by atoms with Crippen LogP contribution in [0.3, 0.4) is 0 Å². The third-order valence-electron chi connectivity index (χ3n) is 3.07. The number of hydrogen-bond acceptors (Lipinski definition) is 2. The number of ether oxygens (including phenoxy) is 1. The zero-order chi connectivity index (χ0) is 13.5. The molecule has 1 rings (SSSR count). The van der Waals surface area contributed by atoms with Crippen LogP contribution < -0.4 is 5.32 Å². The average Bonchev–Trinajstić information content (AvgIpc) is 2.38. The first kappa shape index (κ1) is 15.4. The Morgan fingerprint density at radius 2 is 2.17 bits per heavy atom. The van der Waals surface area contributed by atoms with Gasteiger partial charge in [-0.25, -0.2) is 4.39 Å². The van der Waals surface area contributed by atoms with E-state index >= 15 is 0 Å². The van der Waals surface area contributed by atoms with Gasteiger partial charge in [0.2, 0.25) is 0 Å². The average molecular weight is 274 g/mol. The molecule has 0 aliphatic rings. The second kappa shape index (κ2) is 7.72. The summed E-state index contributed by atoms with van der Waals surface area (Å²) in [6, 6.07) is 5.05. The van der Waals surface area contributed by atoms with Crippen molar-refractivity contribution < 1.29 is 9.13 Å². The smallest absolute Gasteiger partial charge is 0.142 e. The largest absolute Gasteiger partial charge is 0.380 e. The minimum absolute atomic E-state index is 0.0517. The van der Waals surface area contributed by atoms with E-state index in [0.717, 1.165) is 18.5 Å². The Balaban J connectivity index is 2.78. The van der Waals surface area contributed by atoms with Crippen LogP contribution in [-0.4, -0.2) is 25.8 Å². The fourth-order valence-corrected chi connectivity index (χ4v) is 2.04. The molecule has 4 heteroatoms. The van der Waals surface area contributed by atoms with Crippen LogP contribution in [0.5, 0.6) is 0 Å². The van der Waals surface area contributed by atoms with E-state index in [1.165, 1.54) is 6.07 Å². The number of hydrogen-bond donors (Lipinski definition) is 1. The lowest BCUT2D eigenvalue weighted by molar-refractivity contribution is 0.0830. The van der Waals surface area contributed by atoms with E-state index in [1.54, 1.807) is 13.2 Å². The molecule has 0 aliphatic heterocycles. The van der Waals surface area contributed by atoms with Gasteiger partial charge in [-0.3, -0.25) is 0 Å². The zero-order valence-electron chi connectivity index (χ0n) is 11.2. The molecule has 0 aromatic heterocycles. The van der Waals surface area contributed by atoms with Crippen LogP contribution >= 0.6 is 11.6 Å². The Labute approximate surface area is 113 Å². The van der Waals surface area contributed by atoms with Gasteiger partial charge in [0.25, 0.3) is 0 Å². The molecule has 0 saturated carbocycles. The third-order valence-corrected chi connectivity index (χ3v) is 3.49. The maximum Gasteiger partial charge on any atom is 0.142 e. The van der Waals surface area contributed by atoms with Crippen LogP contribution in [0.25, 0.3) is 0 Å². The van der Waals surface area contributed by atoms with Crippen LogP contribution in [0.15, 0.2) is 18.2 Å². The summed E-state index contributed by atoms with van der Waals surface area (Å²) >= 11 is 5.98. The summed E-state index contributed by atoms with van der Waals surface area (Å²) < 4.78 is 18.7. The second-order valence-corrected chi connectivity index (χ2v) is 4.80. The van der Waals surface area contributed by atoms with Crippen molar-refractivity contribution in [3.8, 4) is 0 Å². The van der Waals surface area contributed by atoms with E-state index in [0.29, 0.717) is 6.42 Å². The van der Waals surface area contributed by atoms with Crippen molar-refractivity contribution in [3.63, 3.8) is 0 Å². The minimum Gasteiger partial charge on any atom is -0.380 e. The Hall–Kier alpha value is -0.640. The zero-order valence-corrected chi connectivity index (χ0v) is 11.9. The van der Waals surface area contributed by atoms with Crippen molar-refractivity contribution >= 4 is 11.6 Å². The van der Waals surface area contributed by atoms with Crippen molar-refractivity contribution in [2.45, 2.75) is 38.8 Å². The maximum absolute atomic E-state index is 13.4. The van der Waals surface area contributed by atoms with E-state index in [1.807, 2.05) is 13.0 Å². The van der Waals surface area contributed by atoms with Crippen LogP contribution in [0.1, 0.15) is 25.8 Å². The molecule has 2 unspecified atom stereocenters. The lowest BCUT2D eigenvalue weighted by Gasteiger charge is -2.24. The molecule has 1 aromatic carbocycles. The van der Waals surface area contributed by atoms with Gasteiger partial charge in [0.15, 0.2) is 0 Å². The van der Waals surface area contributed by atoms with Crippen LogP contribution in [0.4, 0.5) is 4.39 Å². The predicted molar refractivity (Wildman–Crippen MR) is 73.7 cm³/mol. The van der Waals surface area contributed by atoms with Gasteiger partial charge in [-0.1, -0.05) is 30.7 Å². The van der Waals surface area contributed by atoms with Gasteiger partial charge in [-0.15, -0.1) is 0 Å². The van der Waals surface area contributed by atoms with Crippen molar-refractivity contribution in [2.75, 3.05) is 13.7 Å². The summed E-state index contributed by atoms with van der Waals surface area (Å²) in [5.74, 6) is -0.367. The second-order valence-electron chi connectivity index (χ2n) is 4.42. The fraction of sp³-hybridized carbons (Fsp3) is 0.571. The lowest BCUT2D eigenvalue weighted by Crippen LogP contribution is -2.41. The maximum atomic E-state index is 13.4. The molecule has 2 nitrogen and oxygen atoms in total. The molecule has 0 saturated heterocycles. The molecule has 0 heterocycles. The molecule has 0 fully saturated rings. The molecule has 102 valence electrons. The molecule has 0 spiro atoms. The summed E-state index contributed by atoms with van der Waals surface area (Å²) in [5.41, 5.74) is 0.814. The van der Waals surface area contributed by atoms with Gasteiger partial charge in [0, 0.05) is 13.2 Å². The topological polar surface area (TPSA) is 21.3 Å². The molecular weight excluding hydrogens is 253 g/mol. The molecule has 0 radical (unpaired) electrons. The summed E-state index contributed by atoms with van der Waals surface area (Å²) in [5, 5.41) is 3.62. The Kier molecular flexibility index (Phi) is 6.61. The van der Waals surface area contributed by atoms with E-state index in [2.05, 4.69) is 12.2 Å². The Morgan fingerprint density at radius 1 is 1.44 bits per heavy atom. The Morgan fingerprint density at radius 3 is 2.78 bits per heavy atom. The van der Waals surface area contributed by atoms with Crippen molar-refractivity contribution in [1.29, 1.82) is 0 Å². The Bertz CT molecular complexity index is 373. The van der Waals surface area contributed by atoms with Gasteiger partial charge in [0.1, 0.15) is 5.82 Å². The summed E-state index contributed by atoms with van der Waals surface area (Å²) in [4.78, 5) is 0. The van der Waals surface area contributed by atoms with Crippen molar-refractivity contribution in [1.82, 2.24) is 5.32 Å². The third kappa shape index (κ3) is 4.23. The fourth-order valence-electron chi connectivity index (χ4n) is 1.84. The van der Waals surface area contributed by atoms with Crippen LogP contribution in [0, 0.1) is 5.82 Å². The normalized spacial score (nSPS) is 14.5. The van der Waals surface area contributed by atoms with E-state index in [4.69, 9.17) is 16.3 Å². The summed E-state index contributed by atoms with van der Waals surface area (Å²) in [7, 11) is 1.68. The quantitative estimate of drug-likeness (QED) is 0.822. The summed E-state index contributed by atoms with van der Waals surface area (Å²) in [6.45, 7) is 5.02. The van der Waals surface area contributed by atoms with Crippen molar-refractivity contribution in [3.05, 3.63) is 34.6 Å². The molecule has 18 heavy (non-hydrogen) atoms. The number of benzene rings is 1. The molecule has 2 atom stereocenters. The number of halogens is 2. The van der Waals surface area contributed by atoms with Gasteiger partial charge in [-0.2, -0.15) is 0 Å². The highest BCUT2D eigenvalue weighted by atomic mass is 35.5. The minimum atomic E-state index is -0.367. The van der Waals surface area contributed by atoms with Gasteiger partial charge >= 0.3 is 0 Å². The van der Waals surface area contributed by atoms with E-state index in [-0.39, 0.29) is 23.0 Å². The van der Waals surface area contributed by atoms with Gasteiger partial charge in [0.05, 0.1) is 11.1 Å². The van der Waals surface area contributed by atoms with Gasteiger partial charge < -0.3 is 10.1 Å². The number of nitrogens with one attached hydrogen (secondary N) is 1. The van der Waals surface area contributed by atoms with Gasteiger partial charge in [-0.05, 0) is 37.9 Å². The van der Waals surface area contributed by atoms with E-state index < -0.39 is 0 Å². The highest BCUT2D eigenvalue weighted by Crippen LogP contribution is 2.21.